The van der Waals surface area contributed by atoms with Crippen LogP contribution in [0.4, 0.5) is 5.69 Å². The van der Waals surface area contributed by atoms with Crippen LogP contribution in [0.1, 0.15) is 16.7 Å². The minimum atomic E-state index is -3.07. The molecule has 2 heterocycles. The molecule has 2 atom stereocenters. The van der Waals surface area contributed by atoms with E-state index in [1.165, 1.54) is 17.3 Å². The smallest absolute Gasteiger partial charge is 0.252 e. The van der Waals surface area contributed by atoms with E-state index >= 15 is 0 Å². The van der Waals surface area contributed by atoms with E-state index in [2.05, 4.69) is 4.99 Å². The molecule has 2 fully saturated rings. The summed E-state index contributed by atoms with van der Waals surface area (Å²) in [5.74, 6) is 0.0179. The second kappa shape index (κ2) is 7.37. The van der Waals surface area contributed by atoms with Crippen molar-refractivity contribution in [2.75, 3.05) is 16.4 Å². The number of hydrogen-bond acceptors (Lipinski definition) is 4. The number of aryl methyl sites for hydroxylation is 2. The van der Waals surface area contributed by atoms with E-state index in [4.69, 9.17) is 0 Å². The van der Waals surface area contributed by atoms with E-state index in [0.717, 1.165) is 16.8 Å². The Morgan fingerprint density at radius 2 is 1.86 bits per heavy atom. The molecule has 0 aromatic heterocycles. The van der Waals surface area contributed by atoms with E-state index in [1.54, 1.807) is 0 Å². The van der Waals surface area contributed by atoms with Crippen LogP contribution in [0.3, 0.4) is 0 Å². The Bertz CT molecular complexity index is 1050. The highest BCUT2D eigenvalue weighted by Crippen LogP contribution is 2.41. The molecule has 0 saturated carbocycles. The third kappa shape index (κ3) is 3.86. The Morgan fingerprint density at radius 1 is 1.11 bits per heavy atom. The average Bonchev–Trinajstić information content (AvgIpc) is 3.09. The maximum atomic E-state index is 12.6. The SMILES string of the molecule is Cc1ccc(N2C(=NC(=O)Cc3ccccc3)SC3CS(=O)(=O)CC32)cc1C. The normalized spacial score (nSPS) is 24.5. The Hall–Kier alpha value is -2.12. The highest BCUT2D eigenvalue weighted by molar-refractivity contribution is 8.16. The van der Waals surface area contributed by atoms with Crippen molar-refractivity contribution in [3.8, 4) is 0 Å². The van der Waals surface area contributed by atoms with E-state index in [0.29, 0.717) is 5.17 Å². The molecule has 2 aromatic rings. The second-order valence-electron chi connectivity index (χ2n) is 7.39. The lowest BCUT2D eigenvalue weighted by molar-refractivity contribution is -0.117. The molecule has 2 aliphatic heterocycles. The Morgan fingerprint density at radius 3 is 2.57 bits per heavy atom. The van der Waals surface area contributed by atoms with Crippen molar-refractivity contribution in [1.29, 1.82) is 0 Å². The summed E-state index contributed by atoms with van der Waals surface area (Å²) in [5, 5.41) is 0.518. The first-order valence-corrected chi connectivity index (χ1v) is 11.9. The van der Waals surface area contributed by atoms with Crippen LogP contribution in [0, 0.1) is 13.8 Å². The maximum Gasteiger partial charge on any atom is 0.252 e. The van der Waals surface area contributed by atoms with Crippen molar-refractivity contribution in [1.82, 2.24) is 0 Å². The van der Waals surface area contributed by atoms with Crippen LogP contribution in [0.25, 0.3) is 0 Å². The van der Waals surface area contributed by atoms with E-state index in [-0.39, 0.29) is 35.1 Å². The number of nitrogens with zero attached hydrogens (tertiary/aromatic N) is 2. The lowest BCUT2D eigenvalue weighted by Gasteiger charge is -2.25. The largest absolute Gasteiger partial charge is 0.316 e. The minimum Gasteiger partial charge on any atom is -0.316 e. The van der Waals surface area contributed by atoms with Crippen molar-refractivity contribution in [3.05, 3.63) is 65.2 Å². The van der Waals surface area contributed by atoms with Gasteiger partial charge < -0.3 is 4.90 Å². The molecular formula is C21H22N2O3S2. The summed E-state index contributed by atoms with van der Waals surface area (Å²) in [7, 11) is -3.07. The number of anilines is 1. The maximum absolute atomic E-state index is 12.6. The van der Waals surface area contributed by atoms with Gasteiger partial charge in [0, 0.05) is 10.9 Å². The summed E-state index contributed by atoms with van der Waals surface area (Å²) in [6.45, 7) is 4.07. The number of benzene rings is 2. The molecule has 2 aliphatic rings. The van der Waals surface area contributed by atoms with Crippen molar-refractivity contribution in [3.63, 3.8) is 0 Å². The van der Waals surface area contributed by atoms with Crippen LogP contribution in [0.5, 0.6) is 0 Å². The van der Waals surface area contributed by atoms with Gasteiger partial charge in [-0.05, 0) is 42.7 Å². The van der Waals surface area contributed by atoms with Gasteiger partial charge in [0.15, 0.2) is 15.0 Å². The first kappa shape index (κ1) is 19.2. The summed E-state index contributed by atoms with van der Waals surface area (Å²) < 4.78 is 24.3. The fourth-order valence-corrected chi connectivity index (χ4v) is 7.59. The van der Waals surface area contributed by atoms with Gasteiger partial charge in [0.25, 0.3) is 5.91 Å². The molecule has 7 heteroatoms. The van der Waals surface area contributed by atoms with Gasteiger partial charge >= 0.3 is 0 Å². The molecule has 5 nitrogen and oxygen atoms in total. The number of fused-ring (bicyclic) bond motifs is 1. The molecule has 2 saturated heterocycles. The van der Waals surface area contributed by atoms with Gasteiger partial charge in [0.2, 0.25) is 0 Å². The van der Waals surface area contributed by atoms with Crippen molar-refractivity contribution < 1.29 is 13.2 Å². The van der Waals surface area contributed by atoms with Crippen molar-refractivity contribution >= 4 is 38.4 Å². The first-order chi connectivity index (χ1) is 13.3. The highest BCUT2D eigenvalue weighted by atomic mass is 32.2. The quantitative estimate of drug-likeness (QED) is 0.772. The predicted molar refractivity (Wildman–Crippen MR) is 115 cm³/mol. The summed E-state index contributed by atoms with van der Waals surface area (Å²) in [5.41, 5.74) is 4.11. The van der Waals surface area contributed by atoms with Crippen molar-refractivity contribution in [2.24, 2.45) is 4.99 Å². The molecule has 2 aromatic carbocycles. The van der Waals surface area contributed by atoms with Crippen LogP contribution >= 0.6 is 11.8 Å². The van der Waals surface area contributed by atoms with Crippen LogP contribution in [-0.2, 0) is 21.1 Å². The number of aliphatic imine (C=N–C) groups is 1. The molecular weight excluding hydrogens is 392 g/mol. The standard InChI is InChI=1S/C21H22N2O3S2/c1-14-8-9-17(10-15(14)2)23-18-12-28(25,26)13-19(18)27-21(23)22-20(24)11-16-6-4-3-5-7-16/h3-10,18-19H,11-13H2,1-2H3. The third-order valence-electron chi connectivity index (χ3n) is 5.25. The van der Waals surface area contributed by atoms with Gasteiger partial charge in [-0.2, -0.15) is 4.99 Å². The molecule has 0 N–H and O–H groups in total. The lowest BCUT2D eigenvalue weighted by atomic mass is 10.1. The van der Waals surface area contributed by atoms with E-state index in [1.807, 2.05) is 67.3 Å². The number of carbonyl (C=O) groups excluding carboxylic acids is 1. The Labute approximate surface area is 169 Å². The second-order valence-corrected chi connectivity index (χ2v) is 10.7. The number of hydrogen-bond donors (Lipinski definition) is 0. The Balaban J connectivity index is 1.67. The van der Waals surface area contributed by atoms with Gasteiger partial charge in [-0.15, -0.1) is 0 Å². The zero-order chi connectivity index (χ0) is 19.9. The van der Waals surface area contributed by atoms with Gasteiger partial charge in [0.1, 0.15) is 0 Å². The van der Waals surface area contributed by atoms with Gasteiger partial charge in [-0.1, -0.05) is 48.2 Å². The summed E-state index contributed by atoms with van der Waals surface area (Å²) >= 11 is 1.41. The van der Waals surface area contributed by atoms with E-state index in [9.17, 15) is 13.2 Å². The zero-order valence-electron chi connectivity index (χ0n) is 15.8. The molecule has 1 amide bonds. The molecule has 4 rings (SSSR count). The fraction of sp³-hybridized carbons (Fsp3) is 0.333. The molecule has 2 unspecified atom stereocenters. The zero-order valence-corrected chi connectivity index (χ0v) is 17.5. The number of amidine groups is 1. The first-order valence-electron chi connectivity index (χ1n) is 9.21. The van der Waals surface area contributed by atoms with Crippen LogP contribution < -0.4 is 4.90 Å². The molecule has 0 aliphatic carbocycles. The van der Waals surface area contributed by atoms with Gasteiger partial charge in [-0.3, -0.25) is 4.79 Å². The number of sulfone groups is 1. The molecule has 0 radical (unpaired) electrons. The number of rotatable bonds is 3. The van der Waals surface area contributed by atoms with Crippen molar-refractivity contribution in [2.45, 2.75) is 31.6 Å². The Kier molecular flexibility index (Phi) is 5.05. The van der Waals surface area contributed by atoms with E-state index < -0.39 is 9.84 Å². The number of thioether (sulfide) groups is 1. The highest BCUT2D eigenvalue weighted by Gasteiger charge is 2.49. The monoisotopic (exact) mass is 414 g/mol. The van der Waals surface area contributed by atoms with Gasteiger partial charge in [-0.25, -0.2) is 8.42 Å². The minimum absolute atomic E-state index is 0.0881. The molecule has 146 valence electrons. The van der Waals surface area contributed by atoms with Gasteiger partial charge in [0.05, 0.1) is 24.0 Å². The van der Waals surface area contributed by atoms with Crippen LogP contribution in [0.15, 0.2) is 53.5 Å². The summed E-state index contributed by atoms with van der Waals surface area (Å²) in [6.07, 6.45) is 0.235. The summed E-state index contributed by atoms with van der Waals surface area (Å²) in [6, 6.07) is 15.4. The third-order valence-corrected chi connectivity index (χ3v) is 8.46. The molecule has 0 bridgehead atoms. The molecule has 0 spiro atoms. The fourth-order valence-electron chi connectivity index (χ4n) is 3.66. The topological polar surface area (TPSA) is 66.8 Å². The molecule has 28 heavy (non-hydrogen) atoms. The average molecular weight is 415 g/mol. The van der Waals surface area contributed by atoms with Crippen LogP contribution in [0.2, 0.25) is 0 Å². The summed E-state index contributed by atoms with van der Waals surface area (Å²) in [4.78, 5) is 18.9. The number of carbonyl (C=O) groups is 1. The van der Waals surface area contributed by atoms with Crippen LogP contribution in [-0.4, -0.2) is 42.3 Å². The number of amides is 1. The lowest BCUT2D eigenvalue weighted by Crippen LogP contribution is -2.37. The predicted octanol–water partition coefficient (Wildman–Crippen LogP) is 3.15.